The molecule has 1 aromatic rings. The van der Waals surface area contributed by atoms with Crippen LogP contribution in [0.25, 0.3) is 0 Å². The summed E-state index contributed by atoms with van der Waals surface area (Å²) in [6, 6.07) is 8.52. The fraction of sp³-hybridized carbons (Fsp3) is 0.650. The van der Waals surface area contributed by atoms with E-state index < -0.39 is 53.7 Å². The number of carboxylic acids is 1. The number of rotatable bonds is 4. The molecule has 3 heterocycles. The SMILES string of the molecule is CC1(C)O[C@@H]2[C@@H](CO[C@@]3([C@@H](O)C(C(=O)O)c4ccccc4)OC(C)(C)O[C@@H]23)O1. The van der Waals surface area contributed by atoms with E-state index in [-0.39, 0.29) is 6.61 Å². The number of hydrogen-bond donors (Lipinski definition) is 2. The monoisotopic (exact) mass is 394 g/mol. The molecule has 28 heavy (non-hydrogen) atoms. The highest BCUT2D eigenvalue weighted by Crippen LogP contribution is 2.50. The van der Waals surface area contributed by atoms with Crippen LogP contribution in [0.2, 0.25) is 0 Å². The zero-order valence-corrected chi connectivity index (χ0v) is 16.3. The van der Waals surface area contributed by atoms with Crippen molar-refractivity contribution in [1.29, 1.82) is 0 Å². The zero-order chi connectivity index (χ0) is 20.3. The second-order valence-corrected chi connectivity index (χ2v) is 8.38. The molecule has 3 aliphatic rings. The summed E-state index contributed by atoms with van der Waals surface area (Å²) < 4.78 is 29.9. The Labute approximate surface area is 163 Å². The molecular weight excluding hydrogens is 368 g/mol. The second kappa shape index (κ2) is 6.48. The fourth-order valence-corrected chi connectivity index (χ4v) is 4.39. The maximum absolute atomic E-state index is 12.1. The summed E-state index contributed by atoms with van der Waals surface area (Å²) in [5, 5.41) is 21.2. The lowest BCUT2D eigenvalue weighted by Gasteiger charge is -2.44. The van der Waals surface area contributed by atoms with Gasteiger partial charge < -0.3 is 33.9 Å². The van der Waals surface area contributed by atoms with E-state index in [4.69, 9.17) is 23.7 Å². The molecule has 0 amide bonds. The van der Waals surface area contributed by atoms with Crippen LogP contribution in [-0.4, -0.2) is 64.6 Å². The van der Waals surface area contributed by atoms with Crippen molar-refractivity contribution in [3.05, 3.63) is 35.9 Å². The van der Waals surface area contributed by atoms with Gasteiger partial charge in [-0.05, 0) is 33.3 Å². The maximum Gasteiger partial charge on any atom is 0.313 e. The van der Waals surface area contributed by atoms with Crippen LogP contribution in [-0.2, 0) is 28.5 Å². The van der Waals surface area contributed by atoms with Crippen LogP contribution < -0.4 is 0 Å². The van der Waals surface area contributed by atoms with Crippen molar-refractivity contribution in [2.24, 2.45) is 0 Å². The number of carbonyl (C=O) groups is 1. The lowest BCUT2D eigenvalue weighted by Crippen LogP contribution is -2.65. The van der Waals surface area contributed by atoms with Gasteiger partial charge in [0.2, 0.25) is 5.79 Å². The highest BCUT2D eigenvalue weighted by atomic mass is 16.9. The summed E-state index contributed by atoms with van der Waals surface area (Å²) >= 11 is 0. The van der Waals surface area contributed by atoms with Crippen molar-refractivity contribution in [3.8, 4) is 0 Å². The first-order valence-corrected chi connectivity index (χ1v) is 9.38. The van der Waals surface area contributed by atoms with Gasteiger partial charge in [-0.15, -0.1) is 0 Å². The Morgan fingerprint density at radius 3 is 2.39 bits per heavy atom. The van der Waals surface area contributed by atoms with Gasteiger partial charge in [0.1, 0.15) is 30.3 Å². The standard InChI is InChI=1S/C20H26O8/c1-18(2)25-12-10-24-20(16(14(12)26-18)27-19(3,4)28-20)15(21)13(17(22)23)11-8-6-5-7-9-11/h5-9,12-16,21H,10H2,1-4H3,(H,22,23)/t12-,13?,14-,15+,16+,20+/m1/s1. The van der Waals surface area contributed by atoms with Crippen molar-refractivity contribution in [2.45, 2.75) is 75.4 Å². The molecule has 0 radical (unpaired) electrons. The highest BCUT2D eigenvalue weighted by molar-refractivity contribution is 5.77. The predicted molar refractivity (Wildman–Crippen MR) is 95.4 cm³/mol. The number of fused-ring (bicyclic) bond motifs is 3. The molecule has 3 aliphatic heterocycles. The van der Waals surface area contributed by atoms with E-state index in [0.717, 1.165) is 0 Å². The van der Waals surface area contributed by atoms with E-state index >= 15 is 0 Å². The van der Waals surface area contributed by atoms with Gasteiger partial charge in [0.05, 0.1) is 6.61 Å². The molecule has 0 aliphatic carbocycles. The van der Waals surface area contributed by atoms with Gasteiger partial charge in [0.15, 0.2) is 11.6 Å². The molecule has 1 unspecified atom stereocenters. The molecule has 3 saturated heterocycles. The number of aliphatic hydroxyl groups excluding tert-OH is 1. The van der Waals surface area contributed by atoms with Gasteiger partial charge in [-0.3, -0.25) is 4.79 Å². The van der Waals surface area contributed by atoms with Gasteiger partial charge in [-0.25, -0.2) is 0 Å². The summed E-state index contributed by atoms with van der Waals surface area (Å²) in [6.45, 7) is 7.04. The third-order valence-electron chi connectivity index (χ3n) is 5.36. The first kappa shape index (κ1) is 19.8. The van der Waals surface area contributed by atoms with Crippen LogP contribution in [0.1, 0.15) is 39.2 Å². The zero-order valence-electron chi connectivity index (χ0n) is 16.3. The summed E-state index contributed by atoms with van der Waals surface area (Å²) in [4.78, 5) is 12.1. The number of carboxylic acid groups (broad SMARTS) is 1. The summed E-state index contributed by atoms with van der Waals surface area (Å²) in [6.07, 6.45) is -3.36. The number of hydrogen-bond acceptors (Lipinski definition) is 7. The minimum atomic E-state index is -1.70. The molecule has 8 heteroatoms. The van der Waals surface area contributed by atoms with E-state index in [1.54, 1.807) is 58.0 Å². The number of ether oxygens (including phenoxy) is 5. The highest BCUT2D eigenvalue weighted by Gasteiger charge is 2.69. The van der Waals surface area contributed by atoms with Crippen molar-refractivity contribution in [2.75, 3.05) is 6.61 Å². The molecule has 1 aromatic carbocycles. The molecule has 0 aromatic heterocycles. The molecule has 4 rings (SSSR count). The van der Waals surface area contributed by atoms with Crippen LogP contribution >= 0.6 is 0 Å². The van der Waals surface area contributed by atoms with Crippen molar-refractivity contribution in [1.82, 2.24) is 0 Å². The Morgan fingerprint density at radius 2 is 1.75 bits per heavy atom. The first-order valence-electron chi connectivity index (χ1n) is 9.38. The topological polar surface area (TPSA) is 104 Å². The van der Waals surface area contributed by atoms with Gasteiger partial charge in [0, 0.05) is 0 Å². The van der Waals surface area contributed by atoms with E-state index in [2.05, 4.69) is 0 Å². The normalized spacial score (nSPS) is 37.7. The van der Waals surface area contributed by atoms with Crippen LogP contribution in [0.3, 0.4) is 0 Å². The van der Waals surface area contributed by atoms with Crippen LogP contribution in [0, 0.1) is 0 Å². The van der Waals surface area contributed by atoms with E-state index in [9.17, 15) is 15.0 Å². The lowest BCUT2D eigenvalue weighted by molar-refractivity contribution is -0.320. The molecule has 2 N–H and O–H groups in total. The Balaban J connectivity index is 1.74. The first-order chi connectivity index (χ1) is 13.0. The van der Waals surface area contributed by atoms with Crippen LogP contribution in [0.15, 0.2) is 30.3 Å². The molecule has 3 fully saturated rings. The molecule has 0 spiro atoms. The van der Waals surface area contributed by atoms with E-state index in [1.807, 2.05) is 0 Å². The van der Waals surface area contributed by atoms with Crippen molar-refractivity contribution >= 4 is 5.97 Å². The van der Waals surface area contributed by atoms with Gasteiger partial charge in [-0.1, -0.05) is 30.3 Å². The predicted octanol–water partition coefficient (Wildman–Crippen LogP) is 1.61. The average molecular weight is 394 g/mol. The molecule has 0 bridgehead atoms. The molecular formula is C20H26O8. The van der Waals surface area contributed by atoms with Crippen molar-refractivity contribution < 1.29 is 38.7 Å². The fourth-order valence-electron chi connectivity index (χ4n) is 4.39. The molecule has 8 nitrogen and oxygen atoms in total. The Kier molecular flexibility index (Phi) is 4.57. The Morgan fingerprint density at radius 1 is 1.07 bits per heavy atom. The molecule has 6 atom stereocenters. The number of benzene rings is 1. The van der Waals surface area contributed by atoms with Gasteiger partial charge in [-0.2, -0.15) is 0 Å². The van der Waals surface area contributed by atoms with Gasteiger partial charge >= 0.3 is 5.97 Å². The van der Waals surface area contributed by atoms with Crippen molar-refractivity contribution in [3.63, 3.8) is 0 Å². The minimum absolute atomic E-state index is 0.0855. The quantitative estimate of drug-likeness (QED) is 0.794. The summed E-state index contributed by atoms with van der Waals surface area (Å²) in [7, 11) is 0. The van der Waals surface area contributed by atoms with Crippen LogP contribution in [0.4, 0.5) is 0 Å². The third kappa shape index (κ3) is 3.14. The number of aliphatic hydroxyl groups is 1. The maximum atomic E-state index is 12.1. The Bertz CT molecular complexity index is 748. The Hall–Kier alpha value is -1.55. The largest absolute Gasteiger partial charge is 0.481 e. The van der Waals surface area contributed by atoms with E-state index in [1.165, 1.54) is 0 Å². The molecule has 154 valence electrons. The average Bonchev–Trinajstić information content (AvgIpc) is 3.07. The smallest absolute Gasteiger partial charge is 0.313 e. The lowest BCUT2D eigenvalue weighted by atomic mass is 9.83. The number of aliphatic carboxylic acids is 1. The van der Waals surface area contributed by atoms with E-state index in [0.29, 0.717) is 5.56 Å². The second-order valence-electron chi connectivity index (χ2n) is 8.38. The summed E-state index contributed by atoms with van der Waals surface area (Å²) in [5.41, 5.74) is 0.443. The van der Waals surface area contributed by atoms with Crippen LogP contribution in [0.5, 0.6) is 0 Å². The summed E-state index contributed by atoms with van der Waals surface area (Å²) in [5.74, 6) is -6.10. The van der Waals surface area contributed by atoms with Gasteiger partial charge in [0.25, 0.3) is 0 Å². The minimum Gasteiger partial charge on any atom is -0.481 e. The molecule has 0 saturated carbocycles. The third-order valence-corrected chi connectivity index (χ3v) is 5.36.